The van der Waals surface area contributed by atoms with Gasteiger partial charge in [0, 0.05) is 23.0 Å². The lowest BCUT2D eigenvalue weighted by atomic mass is 9.87. The van der Waals surface area contributed by atoms with Gasteiger partial charge in [-0.2, -0.15) is 0 Å². The minimum Gasteiger partial charge on any atom is -0.345 e. The zero-order valence-electron chi connectivity index (χ0n) is 16.2. The number of hydrogen-bond acceptors (Lipinski definition) is 4. The molecule has 1 N–H and O–H groups in total. The molecule has 0 radical (unpaired) electrons. The van der Waals surface area contributed by atoms with Gasteiger partial charge in [-0.25, -0.2) is 4.98 Å². The lowest BCUT2D eigenvalue weighted by molar-refractivity contribution is 0.0933. The predicted octanol–water partition coefficient (Wildman–Crippen LogP) is 5.47. The molecule has 0 unspecified atom stereocenters. The highest BCUT2D eigenvalue weighted by atomic mass is 32.1. The summed E-state index contributed by atoms with van der Waals surface area (Å²) in [6, 6.07) is 18.3. The average Bonchev–Trinajstić information content (AvgIpc) is 3.18. The van der Waals surface area contributed by atoms with E-state index in [1.165, 1.54) is 11.1 Å². The van der Waals surface area contributed by atoms with Crippen LogP contribution in [0.3, 0.4) is 0 Å². The first-order valence-electron chi connectivity index (χ1n) is 9.90. The zero-order chi connectivity index (χ0) is 19.8. The maximum atomic E-state index is 12.9. The third-order valence-corrected chi connectivity index (χ3v) is 6.55. The monoisotopic (exact) mass is 399 g/mol. The fourth-order valence-corrected chi connectivity index (χ4v) is 4.92. The predicted molar refractivity (Wildman–Crippen MR) is 117 cm³/mol. The fraction of sp³-hybridized carbons (Fsp3) is 0.208. The first kappa shape index (κ1) is 18.0. The van der Waals surface area contributed by atoms with Gasteiger partial charge in [0.1, 0.15) is 5.01 Å². The molecule has 2 aromatic heterocycles. The van der Waals surface area contributed by atoms with Crippen molar-refractivity contribution in [3.05, 3.63) is 83.2 Å². The topological polar surface area (TPSA) is 54.9 Å². The Hall–Kier alpha value is -3.05. The third-order valence-electron chi connectivity index (χ3n) is 5.48. The van der Waals surface area contributed by atoms with Crippen molar-refractivity contribution in [2.75, 3.05) is 0 Å². The van der Waals surface area contributed by atoms with E-state index >= 15 is 0 Å². The van der Waals surface area contributed by atoms with Crippen LogP contribution in [0.2, 0.25) is 0 Å². The minimum absolute atomic E-state index is 0.0273. The fourth-order valence-electron chi connectivity index (χ4n) is 3.93. The standard InChI is InChI=1S/C24H21N3OS/c1-15-9-10-18(14-25-15)24-27-21-12-11-17(13-22(21)29-24)23(28)26-20-8-4-6-16-5-2-3-7-19(16)20/h2-3,5,7,9-14,20H,4,6,8H2,1H3,(H,26,28)/t20-/m0/s1. The molecule has 0 aliphatic heterocycles. The normalized spacial score (nSPS) is 15.8. The van der Waals surface area contributed by atoms with Gasteiger partial charge >= 0.3 is 0 Å². The highest BCUT2D eigenvalue weighted by Gasteiger charge is 2.22. The summed E-state index contributed by atoms with van der Waals surface area (Å²) in [6.07, 6.45) is 5.02. The molecule has 0 saturated carbocycles. The van der Waals surface area contributed by atoms with Crippen LogP contribution in [-0.4, -0.2) is 15.9 Å². The number of amides is 1. The molecule has 1 amide bonds. The van der Waals surface area contributed by atoms with Gasteiger partial charge in [-0.05, 0) is 67.6 Å². The molecule has 4 nitrogen and oxygen atoms in total. The Labute approximate surface area is 173 Å². The molecule has 1 aliphatic carbocycles. The lowest BCUT2D eigenvalue weighted by Crippen LogP contribution is -2.30. The van der Waals surface area contributed by atoms with Crippen molar-refractivity contribution in [3.63, 3.8) is 0 Å². The molecule has 0 fully saturated rings. The van der Waals surface area contributed by atoms with E-state index in [2.05, 4.69) is 28.5 Å². The van der Waals surface area contributed by atoms with Crippen LogP contribution in [0.1, 0.15) is 46.1 Å². The number of pyridine rings is 1. The van der Waals surface area contributed by atoms with Crippen LogP contribution < -0.4 is 5.32 Å². The number of nitrogens with zero attached hydrogens (tertiary/aromatic N) is 2. The van der Waals surface area contributed by atoms with Crippen molar-refractivity contribution in [2.45, 2.75) is 32.2 Å². The summed E-state index contributed by atoms with van der Waals surface area (Å²) >= 11 is 1.59. The number of rotatable bonds is 3. The minimum atomic E-state index is -0.0273. The van der Waals surface area contributed by atoms with Gasteiger partial charge in [0.2, 0.25) is 0 Å². The first-order valence-corrected chi connectivity index (χ1v) is 10.7. The van der Waals surface area contributed by atoms with Gasteiger partial charge in [0.25, 0.3) is 5.91 Å². The van der Waals surface area contributed by atoms with E-state index in [0.717, 1.165) is 45.7 Å². The summed E-state index contributed by atoms with van der Waals surface area (Å²) in [6.45, 7) is 1.97. The number of fused-ring (bicyclic) bond motifs is 2. The Morgan fingerprint density at radius 2 is 2.03 bits per heavy atom. The average molecular weight is 400 g/mol. The Kier molecular flexibility index (Phi) is 4.60. The molecule has 2 aromatic carbocycles. The van der Waals surface area contributed by atoms with Gasteiger partial charge in [-0.1, -0.05) is 24.3 Å². The van der Waals surface area contributed by atoms with Crippen molar-refractivity contribution >= 4 is 27.5 Å². The number of thiazole rings is 1. The largest absolute Gasteiger partial charge is 0.345 e. The van der Waals surface area contributed by atoms with E-state index in [-0.39, 0.29) is 11.9 Å². The first-order chi connectivity index (χ1) is 14.2. The molecular formula is C24H21N3OS. The second-order valence-corrected chi connectivity index (χ2v) is 8.54. The van der Waals surface area contributed by atoms with Crippen molar-refractivity contribution < 1.29 is 4.79 Å². The molecule has 5 rings (SSSR count). The van der Waals surface area contributed by atoms with Crippen LogP contribution in [0.4, 0.5) is 0 Å². The molecule has 5 heteroatoms. The summed E-state index contributed by atoms with van der Waals surface area (Å²) in [5.41, 5.74) is 6.17. The quantitative estimate of drug-likeness (QED) is 0.497. The number of aromatic nitrogens is 2. The van der Waals surface area contributed by atoms with E-state index in [4.69, 9.17) is 4.98 Å². The lowest BCUT2D eigenvalue weighted by Gasteiger charge is -2.26. The highest BCUT2D eigenvalue weighted by Crippen LogP contribution is 2.32. The van der Waals surface area contributed by atoms with E-state index < -0.39 is 0 Å². The number of carbonyl (C=O) groups excluding carboxylic acids is 1. The van der Waals surface area contributed by atoms with Gasteiger partial charge in [0.05, 0.1) is 16.3 Å². The Bertz CT molecular complexity index is 1200. The maximum absolute atomic E-state index is 12.9. The number of benzene rings is 2. The smallest absolute Gasteiger partial charge is 0.251 e. The van der Waals surface area contributed by atoms with Crippen molar-refractivity contribution in [1.82, 2.24) is 15.3 Å². The van der Waals surface area contributed by atoms with Crippen molar-refractivity contribution in [3.8, 4) is 10.6 Å². The number of aryl methyl sites for hydroxylation is 2. The zero-order valence-corrected chi connectivity index (χ0v) is 17.0. The van der Waals surface area contributed by atoms with Crippen LogP contribution in [0.5, 0.6) is 0 Å². The summed E-state index contributed by atoms with van der Waals surface area (Å²) < 4.78 is 1.01. The molecule has 0 bridgehead atoms. The summed E-state index contributed by atoms with van der Waals surface area (Å²) in [5.74, 6) is -0.0273. The Morgan fingerprint density at radius 1 is 1.14 bits per heavy atom. The van der Waals surface area contributed by atoms with Crippen molar-refractivity contribution in [1.29, 1.82) is 0 Å². The molecule has 1 atom stereocenters. The van der Waals surface area contributed by atoms with Crippen LogP contribution >= 0.6 is 11.3 Å². The van der Waals surface area contributed by atoms with Gasteiger partial charge in [-0.15, -0.1) is 11.3 Å². The van der Waals surface area contributed by atoms with Crippen LogP contribution in [0, 0.1) is 6.92 Å². The summed E-state index contributed by atoms with van der Waals surface area (Å²) in [4.78, 5) is 22.0. The van der Waals surface area contributed by atoms with Gasteiger partial charge < -0.3 is 5.32 Å². The summed E-state index contributed by atoms with van der Waals surface area (Å²) in [5, 5.41) is 4.16. The van der Waals surface area contributed by atoms with E-state index in [1.807, 2.05) is 49.5 Å². The molecule has 0 saturated heterocycles. The van der Waals surface area contributed by atoms with Gasteiger partial charge in [-0.3, -0.25) is 9.78 Å². The third kappa shape index (κ3) is 3.54. The van der Waals surface area contributed by atoms with Crippen molar-refractivity contribution in [2.24, 2.45) is 0 Å². The number of hydrogen-bond donors (Lipinski definition) is 1. The molecule has 4 aromatic rings. The second-order valence-electron chi connectivity index (χ2n) is 7.51. The summed E-state index contributed by atoms with van der Waals surface area (Å²) in [7, 11) is 0. The molecular weight excluding hydrogens is 378 g/mol. The van der Waals surface area contributed by atoms with Gasteiger partial charge in [0.15, 0.2) is 0 Å². The van der Waals surface area contributed by atoms with Crippen LogP contribution in [0.15, 0.2) is 60.8 Å². The van der Waals surface area contributed by atoms with E-state index in [1.54, 1.807) is 11.3 Å². The number of nitrogens with one attached hydrogen (secondary N) is 1. The van der Waals surface area contributed by atoms with Crippen LogP contribution in [0.25, 0.3) is 20.8 Å². The maximum Gasteiger partial charge on any atom is 0.251 e. The Balaban J connectivity index is 1.40. The molecule has 1 aliphatic rings. The highest BCUT2D eigenvalue weighted by molar-refractivity contribution is 7.21. The van der Waals surface area contributed by atoms with E-state index in [0.29, 0.717) is 5.56 Å². The molecule has 144 valence electrons. The number of carbonyl (C=O) groups is 1. The SMILES string of the molecule is Cc1ccc(-c2nc3ccc(C(=O)N[C@H]4CCCc5ccccc54)cc3s2)cn1. The molecule has 29 heavy (non-hydrogen) atoms. The van der Waals surface area contributed by atoms with Crippen LogP contribution in [-0.2, 0) is 6.42 Å². The Morgan fingerprint density at radius 3 is 2.90 bits per heavy atom. The second kappa shape index (κ2) is 7.41. The van der Waals surface area contributed by atoms with E-state index in [9.17, 15) is 4.79 Å². The molecule has 0 spiro atoms. The molecule has 2 heterocycles.